The van der Waals surface area contributed by atoms with Crippen LogP contribution < -0.4 is 5.32 Å². The quantitative estimate of drug-likeness (QED) is 0.747. The molecule has 0 unspecified atom stereocenters. The standard InChI is InChI=1S/C13H11ClINOS/c1-2-9-4-6-12(18-9)13(17)16-11-5-3-8(14)7-10(11)15/h3-7H,2H2,1H3,(H,16,17). The van der Waals surface area contributed by atoms with Crippen LogP contribution >= 0.6 is 45.5 Å². The Bertz CT molecular complexity index is 582. The average molecular weight is 392 g/mol. The first-order valence-electron chi connectivity index (χ1n) is 5.45. The lowest BCUT2D eigenvalue weighted by atomic mass is 10.3. The van der Waals surface area contributed by atoms with E-state index < -0.39 is 0 Å². The molecule has 0 atom stereocenters. The summed E-state index contributed by atoms with van der Waals surface area (Å²) in [6.45, 7) is 2.08. The van der Waals surface area contributed by atoms with E-state index in [9.17, 15) is 4.79 Å². The predicted octanol–water partition coefficient (Wildman–Crippen LogP) is 4.82. The lowest BCUT2D eigenvalue weighted by Gasteiger charge is -2.06. The minimum Gasteiger partial charge on any atom is -0.320 e. The molecule has 2 aromatic rings. The van der Waals surface area contributed by atoms with E-state index >= 15 is 0 Å². The van der Waals surface area contributed by atoms with Gasteiger partial charge >= 0.3 is 0 Å². The van der Waals surface area contributed by atoms with E-state index in [2.05, 4.69) is 34.8 Å². The third-order valence-corrected chi connectivity index (χ3v) is 4.77. The molecule has 0 saturated carbocycles. The maximum Gasteiger partial charge on any atom is 0.265 e. The van der Waals surface area contributed by atoms with Crippen molar-refractivity contribution >= 4 is 57.1 Å². The molecule has 18 heavy (non-hydrogen) atoms. The lowest BCUT2D eigenvalue weighted by molar-refractivity contribution is 0.103. The minimum atomic E-state index is -0.0695. The molecule has 1 amide bonds. The Balaban J connectivity index is 2.16. The van der Waals surface area contributed by atoms with Crippen molar-refractivity contribution in [3.63, 3.8) is 0 Å². The number of thiophene rings is 1. The zero-order chi connectivity index (χ0) is 13.1. The van der Waals surface area contributed by atoms with Gasteiger partial charge in [0.2, 0.25) is 0 Å². The Morgan fingerprint density at radius 3 is 2.78 bits per heavy atom. The maximum absolute atomic E-state index is 12.0. The highest BCUT2D eigenvalue weighted by molar-refractivity contribution is 14.1. The van der Waals surface area contributed by atoms with Crippen LogP contribution in [0.2, 0.25) is 5.02 Å². The Kier molecular flexibility index (Phi) is 4.64. The molecule has 0 spiro atoms. The number of anilines is 1. The van der Waals surface area contributed by atoms with Crippen molar-refractivity contribution in [3.8, 4) is 0 Å². The van der Waals surface area contributed by atoms with Crippen LogP contribution in [-0.4, -0.2) is 5.91 Å². The van der Waals surface area contributed by atoms with Crippen LogP contribution in [0.1, 0.15) is 21.5 Å². The van der Waals surface area contributed by atoms with Crippen molar-refractivity contribution in [2.75, 3.05) is 5.32 Å². The van der Waals surface area contributed by atoms with Gasteiger partial charge in [-0.2, -0.15) is 0 Å². The van der Waals surface area contributed by atoms with Crippen molar-refractivity contribution in [2.45, 2.75) is 13.3 Å². The van der Waals surface area contributed by atoms with Gasteiger partial charge in [0.05, 0.1) is 10.6 Å². The highest BCUT2D eigenvalue weighted by atomic mass is 127. The number of hydrogen-bond donors (Lipinski definition) is 1. The maximum atomic E-state index is 12.0. The fraction of sp³-hybridized carbons (Fsp3) is 0.154. The molecule has 0 aliphatic carbocycles. The van der Waals surface area contributed by atoms with Gasteiger partial charge in [0.25, 0.3) is 5.91 Å². The number of carbonyl (C=O) groups is 1. The SMILES string of the molecule is CCc1ccc(C(=O)Nc2ccc(Cl)cc2I)s1. The van der Waals surface area contributed by atoms with Gasteiger partial charge in [-0.15, -0.1) is 11.3 Å². The number of halogens is 2. The van der Waals surface area contributed by atoms with Crippen molar-refractivity contribution in [1.82, 2.24) is 0 Å². The molecule has 1 aromatic carbocycles. The molecule has 94 valence electrons. The molecular weight excluding hydrogens is 381 g/mol. The van der Waals surface area contributed by atoms with Crippen molar-refractivity contribution in [2.24, 2.45) is 0 Å². The summed E-state index contributed by atoms with van der Waals surface area (Å²) in [4.78, 5) is 14.0. The van der Waals surface area contributed by atoms with Crippen LogP contribution in [0.15, 0.2) is 30.3 Å². The molecule has 2 nitrogen and oxygen atoms in total. The molecule has 1 N–H and O–H groups in total. The molecule has 0 radical (unpaired) electrons. The van der Waals surface area contributed by atoms with E-state index in [1.165, 1.54) is 16.2 Å². The number of carbonyl (C=O) groups excluding carboxylic acids is 1. The van der Waals surface area contributed by atoms with Crippen molar-refractivity contribution in [3.05, 3.63) is 48.7 Å². The normalized spacial score (nSPS) is 10.4. The van der Waals surface area contributed by atoms with E-state index in [1.54, 1.807) is 6.07 Å². The lowest BCUT2D eigenvalue weighted by Crippen LogP contribution is -2.11. The first-order valence-corrected chi connectivity index (χ1v) is 7.72. The molecular formula is C13H11ClINOS. The van der Waals surface area contributed by atoms with Crippen LogP contribution in [0.25, 0.3) is 0 Å². The third-order valence-electron chi connectivity index (χ3n) is 2.41. The van der Waals surface area contributed by atoms with Crippen LogP contribution in [-0.2, 0) is 6.42 Å². The molecule has 0 bridgehead atoms. The summed E-state index contributed by atoms with van der Waals surface area (Å²) in [6.07, 6.45) is 0.955. The van der Waals surface area contributed by atoms with Gasteiger partial charge in [-0.3, -0.25) is 4.79 Å². The van der Waals surface area contributed by atoms with Gasteiger partial charge in [-0.05, 0) is 59.3 Å². The molecule has 1 aromatic heterocycles. The Morgan fingerprint density at radius 2 is 2.17 bits per heavy atom. The average Bonchev–Trinajstić information content (AvgIpc) is 2.81. The molecule has 0 aliphatic rings. The van der Waals surface area contributed by atoms with Gasteiger partial charge in [-0.1, -0.05) is 18.5 Å². The molecule has 1 heterocycles. The van der Waals surface area contributed by atoms with Crippen molar-refractivity contribution in [1.29, 1.82) is 0 Å². The number of benzene rings is 1. The second kappa shape index (κ2) is 6.04. The molecule has 0 aliphatic heterocycles. The predicted molar refractivity (Wildman–Crippen MR) is 85.8 cm³/mol. The Morgan fingerprint density at radius 1 is 1.39 bits per heavy atom. The second-order valence-electron chi connectivity index (χ2n) is 3.70. The fourth-order valence-corrected chi connectivity index (χ4v) is 3.31. The van der Waals surface area contributed by atoms with E-state index in [1.807, 2.05) is 24.3 Å². The van der Waals surface area contributed by atoms with Crippen LogP contribution in [0.5, 0.6) is 0 Å². The first-order chi connectivity index (χ1) is 8.60. The summed E-state index contributed by atoms with van der Waals surface area (Å²) in [6, 6.07) is 9.26. The summed E-state index contributed by atoms with van der Waals surface area (Å²) in [5, 5.41) is 3.56. The molecule has 0 fully saturated rings. The van der Waals surface area contributed by atoms with Gasteiger partial charge < -0.3 is 5.32 Å². The van der Waals surface area contributed by atoms with Gasteiger partial charge in [0.15, 0.2) is 0 Å². The monoisotopic (exact) mass is 391 g/mol. The second-order valence-corrected chi connectivity index (χ2v) is 6.46. The Hall–Kier alpha value is -0.590. The number of amides is 1. The molecule has 0 saturated heterocycles. The molecule has 5 heteroatoms. The third kappa shape index (κ3) is 3.24. The van der Waals surface area contributed by atoms with E-state index in [4.69, 9.17) is 11.6 Å². The first kappa shape index (κ1) is 13.8. The van der Waals surface area contributed by atoms with E-state index in [0.29, 0.717) is 5.02 Å². The van der Waals surface area contributed by atoms with E-state index in [-0.39, 0.29) is 5.91 Å². The topological polar surface area (TPSA) is 29.1 Å². The van der Waals surface area contributed by atoms with Gasteiger partial charge in [-0.25, -0.2) is 0 Å². The number of nitrogens with one attached hydrogen (secondary N) is 1. The summed E-state index contributed by atoms with van der Waals surface area (Å²) in [5.41, 5.74) is 0.788. The largest absolute Gasteiger partial charge is 0.320 e. The summed E-state index contributed by atoms with van der Waals surface area (Å²) >= 11 is 9.56. The summed E-state index contributed by atoms with van der Waals surface area (Å²) < 4.78 is 0.931. The highest BCUT2D eigenvalue weighted by Crippen LogP contribution is 2.24. The number of hydrogen-bond acceptors (Lipinski definition) is 2. The van der Waals surface area contributed by atoms with Gasteiger partial charge in [0.1, 0.15) is 0 Å². The smallest absolute Gasteiger partial charge is 0.265 e. The van der Waals surface area contributed by atoms with Crippen molar-refractivity contribution < 1.29 is 4.79 Å². The zero-order valence-corrected chi connectivity index (χ0v) is 13.4. The minimum absolute atomic E-state index is 0.0695. The van der Waals surface area contributed by atoms with Crippen LogP contribution in [0.4, 0.5) is 5.69 Å². The van der Waals surface area contributed by atoms with Crippen LogP contribution in [0, 0.1) is 3.57 Å². The zero-order valence-electron chi connectivity index (χ0n) is 9.67. The fourth-order valence-electron chi connectivity index (χ4n) is 1.46. The number of aryl methyl sites for hydroxylation is 1. The summed E-state index contributed by atoms with van der Waals surface area (Å²) in [5.74, 6) is -0.0695. The highest BCUT2D eigenvalue weighted by Gasteiger charge is 2.10. The Labute approximate surface area is 129 Å². The van der Waals surface area contributed by atoms with E-state index in [0.717, 1.165) is 20.6 Å². The molecule has 2 rings (SSSR count). The summed E-state index contributed by atoms with van der Waals surface area (Å²) in [7, 11) is 0. The number of rotatable bonds is 3. The van der Waals surface area contributed by atoms with Gasteiger partial charge in [0, 0.05) is 13.5 Å². The van der Waals surface area contributed by atoms with Crippen LogP contribution in [0.3, 0.4) is 0 Å².